The van der Waals surface area contributed by atoms with Crippen molar-refractivity contribution in [1.29, 1.82) is 0 Å². The van der Waals surface area contributed by atoms with Crippen molar-refractivity contribution in [2.24, 2.45) is 11.8 Å². The minimum Gasteiger partial charge on any atom is -0.118 e. The third kappa shape index (κ3) is 0.660. The molecule has 0 spiro atoms. The van der Waals surface area contributed by atoms with Crippen LogP contribution in [0.5, 0.6) is 0 Å². The summed E-state index contributed by atoms with van der Waals surface area (Å²) in [7, 11) is 0. The van der Waals surface area contributed by atoms with E-state index in [4.69, 9.17) is 11.6 Å². The van der Waals surface area contributed by atoms with Gasteiger partial charge >= 0.3 is 0 Å². The Morgan fingerprint density at radius 3 is 2.56 bits per heavy atom. The standard InChI is InChI=1S/C8H11Cl/c1-5-6-2-3-7(4-6)8(5)9/h6-8H,1-4H2/t6-,7+,8+/m1/s1. The molecule has 2 rings (SSSR count). The Morgan fingerprint density at radius 2 is 2.22 bits per heavy atom. The van der Waals surface area contributed by atoms with E-state index in [1.54, 1.807) is 0 Å². The first-order chi connectivity index (χ1) is 4.29. The fraction of sp³-hybridized carbons (Fsp3) is 0.750. The number of fused-ring (bicyclic) bond motifs is 2. The van der Waals surface area contributed by atoms with Crippen molar-refractivity contribution in [3.8, 4) is 0 Å². The maximum atomic E-state index is 6.06. The molecule has 2 fully saturated rings. The molecule has 0 nitrogen and oxygen atoms in total. The Kier molecular flexibility index (Phi) is 1.13. The Hall–Kier alpha value is 0.0300. The fourth-order valence-electron chi connectivity index (χ4n) is 2.15. The van der Waals surface area contributed by atoms with Crippen molar-refractivity contribution in [1.82, 2.24) is 0 Å². The SMILES string of the molecule is C=C1[C@@H]2CC[C@@H](C2)[C@H]1Cl. The summed E-state index contributed by atoms with van der Waals surface area (Å²) >= 11 is 6.06. The van der Waals surface area contributed by atoms with Crippen LogP contribution in [0.15, 0.2) is 12.2 Å². The maximum absolute atomic E-state index is 6.06. The highest BCUT2D eigenvalue weighted by atomic mass is 35.5. The molecule has 0 unspecified atom stereocenters. The van der Waals surface area contributed by atoms with Crippen LogP contribution < -0.4 is 0 Å². The molecular formula is C8H11Cl. The lowest BCUT2D eigenvalue weighted by molar-refractivity contribution is 0.569. The van der Waals surface area contributed by atoms with E-state index in [0.29, 0.717) is 5.38 Å². The number of halogens is 1. The molecule has 0 aromatic rings. The van der Waals surface area contributed by atoms with Gasteiger partial charge in [-0.25, -0.2) is 0 Å². The molecule has 0 saturated heterocycles. The summed E-state index contributed by atoms with van der Waals surface area (Å²) in [6.07, 6.45) is 4.03. The Bertz CT molecular complexity index is 147. The van der Waals surface area contributed by atoms with Crippen LogP contribution in [-0.2, 0) is 0 Å². The van der Waals surface area contributed by atoms with Gasteiger partial charge in [0.2, 0.25) is 0 Å². The Morgan fingerprint density at radius 1 is 1.44 bits per heavy atom. The van der Waals surface area contributed by atoms with E-state index in [-0.39, 0.29) is 0 Å². The molecule has 0 aliphatic heterocycles. The summed E-state index contributed by atoms with van der Waals surface area (Å²) < 4.78 is 0. The van der Waals surface area contributed by atoms with Crippen molar-refractivity contribution < 1.29 is 0 Å². The first-order valence-electron chi connectivity index (χ1n) is 3.62. The molecule has 0 amide bonds. The van der Waals surface area contributed by atoms with Crippen molar-refractivity contribution >= 4 is 11.6 Å². The van der Waals surface area contributed by atoms with Crippen molar-refractivity contribution in [2.45, 2.75) is 24.6 Å². The predicted octanol–water partition coefficient (Wildman–Crippen LogP) is 2.58. The summed E-state index contributed by atoms with van der Waals surface area (Å²) in [6, 6.07) is 0. The minimum absolute atomic E-state index is 0.323. The minimum atomic E-state index is 0.323. The van der Waals surface area contributed by atoms with Gasteiger partial charge < -0.3 is 0 Å². The molecule has 2 bridgehead atoms. The molecule has 2 saturated carbocycles. The van der Waals surface area contributed by atoms with E-state index in [1.165, 1.54) is 24.8 Å². The second kappa shape index (κ2) is 1.76. The normalized spacial score (nSPS) is 48.6. The average Bonchev–Trinajstić information content (AvgIpc) is 2.37. The van der Waals surface area contributed by atoms with Gasteiger partial charge in [-0.3, -0.25) is 0 Å². The molecule has 1 heteroatoms. The Balaban J connectivity index is 2.25. The third-order valence-corrected chi connectivity index (χ3v) is 3.40. The summed E-state index contributed by atoms with van der Waals surface area (Å²) in [4.78, 5) is 0. The van der Waals surface area contributed by atoms with Gasteiger partial charge in [-0.2, -0.15) is 0 Å². The molecule has 0 aromatic heterocycles. The first-order valence-corrected chi connectivity index (χ1v) is 4.05. The highest BCUT2D eigenvalue weighted by Gasteiger charge is 2.41. The zero-order chi connectivity index (χ0) is 6.43. The van der Waals surface area contributed by atoms with Gasteiger partial charge in [0, 0.05) is 0 Å². The highest BCUT2D eigenvalue weighted by Crippen LogP contribution is 2.49. The summed E-state index contributed by atoms with van der Waals surface area (Å²) in [5.41, 5.74) is 1.31. The number of rotatable bonds is 0. The molecule has 3 atom stereocenters. The van der Waals surface area contributed by atoms with E-state index in [2.05, 4.69) is 6.58 Å². The summed E-state index contributed by atoms with van der Waals surface area (Å²) in [5.74, 6) is 1.57. The predicted molar refractivity (Wildman–Crippen MR) is 39.6 cm³/mol. The lowest BCUT2D eigenvalue weighted by Gasteiger charge is -2.16. The molecule has 0 heterocycles. The van der Waals surface area contributed by atoms with Gasteiger partial charge in [0.05, 0.1) is 5.38 Å². The second-order valence-corrected chi connectivity index (χ2v) is 3.72. The molecule has 2 aliphatic rings. The van der Waals surface area contributed by atoms with Crippen LogP contribution in [0.1, 0.15) is 19.3 Å². The van der Waals surface area contributed by atoms with Gasteiger partial charge in [-0.05, 0) is 31.1 Å². The lowest BCUT2D eigenvalue weighted by atomic mass is 9.96. The zero-order valence-corrected chi connectivity index (χ0v) is 6.19. The van der Waals surface area contributed by atoms with Gasteiger partial charge in [0.1, 0.15) is 0 Å². The fourth-order valence-corrected chi connectivity index (χ4v) is 2.55. The number of alkyl halides is 1. The monoisotopic (exact) mass is 142 g/mol. The summed E-state index contributed by atoms with van der Waals surface area (Å²) in [5, 5.41) is 0.323. The molecule has 0 aromatic carbocycles. The number of hydrogen-bond acceptors (Lipinski definition) is 0. The van der Waals surface area contributed by atoms with Crippen molar-refractivity contribution in [3.05, 3.63) is 12.2 Å². The van der Waals surface area contributed by atoms with Crippen LogP contribution in [0.2, 0.25) is 0 Å². The van der Waals surface area contributed by atoms with Crippen LogP contribution in [0, 0.1) is 11.8 Å². The summed E-state index contributed by atoms with van der Waals surface area (Å²) in [6.45, 7) is 3.99. The van der Waals surface area contributed by atoms with Crippen molar-refractivity contribution in [2.75, 3.05) is 0 Å². The average molecular weight is 143 g/mol. The van der Waals surface area contributed by atoms with Crippen LogP contribution in [-0.4, -0.2) is 5.38 Å². The third-order valence-electron chi connectivity index (χ3n) is 2.77. The van der Waals surface area contributed by atoms with Gasteiger partial charge in [0.15, 0.2) is 0 Å². The van der Waals surface area contributed by atoms with E-state index in [9.17, 15) is 0 Å². The van der Waals surface area contributed by atoms with E-state index in [1.807, 2.05) is 0 Å². The first kappa shape index (κ1) is 5.79. The topological polar surface area (TPSA) is 0 Å². The highest BCUT2D eigenvalue weighted by molar-refractivity contribution is 6.22. The largest absolute Gasteiger partial charge is 0.118 e. The second-order valence-electron chi connectivity index (χ2n) is 3.25. The van der Waals surface area contributed by atoms with Crippen LogP contribution in [0.3, 0.4) is 0 Å². The van der Waals surface area contributed by atoms with E-state index >= 15 is 0 Å². The van der Waals surface area contributed by atoms with Gasteiger partial charge in [0.25, 0.3) is 0 Å². The molecule has 9 heavy (non-hydrogen) atoms. The quantitative estimate of drug-likeness (QED) is 0.360. The van der Waals surface area contributed by atoms with Gasteiger partial charge in [-0.15, -0.1) is 11.6 Å². The molecular weight excluding hydrogens is 132 g/mol. The van der Waals surface area contributed by atoms with E-state index in [0.717, 1.165) is 11.8 Å². The number of hydrogen-bond donors (Lipinski definition) is 0. The number of allylic oxidation sites excluding steroid dienone is 1. The zero-order valence-electron chi connectivity index (χ0n) is 5.44. The van der Waals surface area contributed by atoms with Gasteiger partial charge in [-0.1, -0.05) is 12.2 Å². The van der Waals surface area contributed by atoms with Crippen LogP contribution >= 0.6 is 11.6 Å². The molecule has 50 valence electrons. The smallest absolute Gasteiger partial charge is 0.0573 e. The Labute approximate surface area is 60.9 Å². The van der Waals surface area contributed by atoms with Crippen LogP contribution in [0.25, 0.3) is 0 Å². The van der Waals surface area contributed by atoms with Crippen LogP contribution in [0.4, 0.5) is 0 Å². The molecule has 0 N–H and O–H groups in total. The van der Waals surface area contributed by atoms with Crippen molar-refractivity contribution in [3.63, 3.8) is 0 Å². The van der Waals surface area contributed by atoms with E-state index < -0.39 is 0 Å². The maximum Gasteiger partial charge on any atom is 0.0573 e. The lowest BCUT2D eigenvalue weighted by Crippen LogP contribution is -2.11. The molecule has 2 aliphatic carbocycles. The molecule has 0 radical (unpaired) electrons.